The Kier molecular flexibility index (Phi) is 3.21. The van der Waals surface area contributed by atoms with E-state index in [2.05, 4.69) is 0 Å². The summed E-state index contributed by atoms with van der Waals surface area (Å²) < 4.78 is 31.0. The standard InChI is InChI=1S/C10H16O4S.ClH/c1-9(2)7-3-4-10(9,8(11)5-7)6-15(12,13)14;/h7H,3-6H2,1-2H3,(H,12,13,14);1H/t7-,10+;/m0./s1. The van der Waals surface area contributed by atoms with Gasteiger partial charge in [0.2, 0.25) is 0 Å². The predicted octanol–water partition coefficient (Wildman–Crippen LogP) is 1.69. The van der Waals surface area contributed by atoms with Crippen LogP contribution in [0.2, 0.25) is 0 Å². The highest BCUT2D eigenvalue weighted by molar-refractivity contribution is 7.85. The van der Waals surface area contributed by atoms with Gasteiger partial charge in [0.1, 0.15) is 5.78 Å². The third kappa shape index (κ3) is 1.69. The molecule has 0 aromatic heterocycles. The highest BCUT2D eigenvalue weighted by atomic mass is 35.5. The second-order valence-corrected chi connectivity index (χ2v) is 6.85. The van der Waals surface area contributed by atoms with Gasteiger partial charge < -0.3 is 0 Å². The van der Waals surface area contributed by atoms with E-state index >= 15 is 0 Å². The lowest BCUT2D eigenvalue weighted by Crippen LogP contribution is -2.42. The molecule has 0 aromatic rings. The second kappa shape index (κ2) is 3.68. The van der Waals surface area contributed by atoms with Crippen LogP contribution in [0.5, 0.6) is 0 Å². The molecule has 2 fully saturated rings. The zero-order chi connectivity index (χ0) is 11.5. The first-order chi connectivity index (χ1) is 6.69. The van der Waals surface area contributed by atoms with Crippen LogP contribution in [-0.2, 0) is 14.9 Å². The third-order valence-corrected chi connectivity index (χ3v) is 5.43. The molecule has 2 atom stereocenters. The summed E-state index contributed by atoms with van der Waals surface area (Å²) in [7, 11) is -4.08. The van der Waals surface area contributed by atoms with Gasteiger partial charge in [0.25, 0.3) is 10.1 Å². The molecule has 16 heavy (non-hydrogen) atoms. The quantitative estimate of drug-likeness (QED) is 0.774. The van der Waals surface area contributed by atoms with Crippen molar-refractivity contribution in [2.75, 3.05) is 5.75 Å². The molecule has 6 heteroatoms. The van der Waals surface area contributed by atoms with Crippen molar-refractivity contribution in [3.8, 4) is 0 Å². The van der Waals surface area contributed by atoms with Crippen molar-refractivity contribution in [3.05, 3.63) is 0 Å². The molecule has 2 bridgehead atoms. The molecule has 0 amide bonds. The number of fused-ring (bicyclic) bond motifs is 2. The minimum Gasteiger partial charge on any atom is -0.299 e. The Morgan fingerprint density at radius 2 is 2.00 bits per heavy atom. The van der Waals surface area contributed by atoms with Gasteiger partial charge in [-0.25, -0.2) is 0 Å². The van der Waals surface area contributed by atoms with E-state index in [4.69, 9.17) is 4.55 Å². The summed E-state index contributed by atoms with van der Waals surface area (Å²) in [5.41, 5.74) is -1.12. The number of ketones is 1. The molecular weight excluding hydrogens is 252 g/mol. The van der Waals surface area contributed by atoms with Crippen LogP contribution >= 0.6 is 12.4 Å². The summed E-state index contributed by atoms with van der Waals surface area (Å²) in [6.07, 6.45) is 1.97. The van der Waals surface area contributed by atoms with Crippen LogP contribution < -0.4 is 0 Å². The van der Waals surface area contributed by atoms with Crippen LogP contribution in [0.25, 0.3) is 0 Å². The van der Waals surface area contributed by atoms with Crippen molar-refractivity contribution in [2.24, 2.45) is 16.7 Å². The number of rotatable bonds is 2. The molecule has 0 unspecified atom stereocenters. The highest BCUT2D eigenvalue weighted by Gasteiger charge is 2.65. The van der Waals surface area contributed by atoms with Crippen LogP contribution in [-0.4, -0.2) is 24.5 Å². The molecule has 0 aromatic carbocycles. The van der Waals surface area contributed by atoms with Crippen molar-refractivity contribution >= 4 is 28.3 Å². The minimum atomic E-state index is -4.08. The first-order valence-electron chi connectivity index (χ1n) is 5.17. The summed E-state index contributed by atoms with van der Waals surface area (Å²) >= 11 is 0. The molecule has 2 saturated carbocycles. The molecule has 0 heterocycles. The van der Waals surface area contributed by atoms with Gasteiger partial charge in [0.15, 0.2) is 0 Å². The fourth-order valence-corrected chi connectivity index (χ4v) is 4.72. The molecule has 0 aliphatic heterocycles. The monoisotopic (exact) mass is 268 g/mol. The van der Waals surface area contributed by atoms with Gasteiger partial charge in [-0.05, 0) is 24.2 Å². The molecule has 0 spiro atoms. The number of carbonyl (C=O) groups excluding carboxylic acids is 1. The first-order valence-corrected chi connectivity index (χ1v) is 6.78. The van der Waals surface area contributed by atoms with Gasteiger partial charge in [-0.15, -0.1) is 12.4 Å². The smallest absolute Gasteiger partial charge is 0.265 e. The second-order valence-electron chi connectivity index (χ2n) is 5.39. The molecule has 4 nitrogen and oxygen atoms in total. The molecule has 2 aliphatic rings. The van der Waals surface area contributed by atoms with Crippen LogP contribution in [0, 0.1) is 16.7 Å². The molecular formula is C10H17ClO4S. The van der Waals surface area contributed by atoms with E-state index in [9.17, 15) is 13.2 Å². The molecule has 94 valence electrons. The summed E-state index contributed by atoms with van der Waals surface area (Å²) in [6, 6.07) is 0. The van der Waals surface area contributed by atoms with Gasteiger partial charge in [0, 0.05) is 6.42 Å². The SMILES string of the molecule is CC1(C)[C@H]2CC[C@@]1(CS(=O)(=O)O)C(=O)C2.Cl. The van der Waals surface area contributed by atoms with Crippen molar-refractivity contribution in [1.82, 2.24) is 0 Å². The lowest BCUT2D eigenvalue weighted by Gasteiger charge is -2.35. The summed E-state index contributed by atoms with van der Waals surface area (Å²) in [4.78, 5) is 11.9. The zero-order valence-electron chi connectivity index (χ0n) is 9.39. The van der Waals surface area contributed by atoms with E-state index < -0.39 is 21.3 Å². The number of hydrogen-bond donors (Lipinski definition) is 1. The van der Waals surface area contributed by atoms with Crippen molar-refractivity contribution in [2.45, 2.75) is 33.1 Å². The number of hydrogen-bond acceptors (Lipinski definition) is 3. The average Bonchev–Trinajstić information content (AvgIpc) is 2.34. The first kappa shape index (κ1) is 13.9. The van der Waals surface area contributed by atoms with Crippen LogP contribution in [0.1, 0.15) is 33.1 Å². The van der Waals surface area contributed by atoms with Crippen molar-refractivity contribution in [3.63, 3.8) is 0 Å². The fourth-order valence-electron chi connectivity index (χ4n) is 3.42. The summed E-state index contributed by atoms with van der Waals surface area (Å²) in [5, 5.41) is 0. The predicted molar refractivity (Wildman–Crippen MR) is 62.2 cm³/mol. The molecule has 2 rings (SSSR count). The van der Waals surface area contributed by atoms with Gasteiger partial charge in [-0.1, -0.05) is 13.8 Å². The molecule has 1 N–H and O–H groups in total. The number of carbonyl (C=O) groups is 1. The van der Waals surface area contributed by atoms with Gasteiger partial charge >= 0.3 is 0 Å². The van der Waals surface area contributed by atoms with Crippen molar-refractivity contribution in [1.29, 1.82) is 0 Å². The van der Waals surface area contributed by atoms with E-state index in [1.807, 2.05) is 13.8 Å². The molecule has 0 saturated heterocycles. The van der Waals surface area contributed by atoms with E-state index in [0.29, 0.717) is 12.8 Å². The lowest BCUT2D eigenvalue weighted by atomic mass is 9.70. The normalized spacial score (nSPS) is 36.2. The summed E-state index contributed by atoms with van der Waals surface area (Å²) in [6.45, 7) is 3.89. The highest BCUT2D eigenvalue weighted by Crippen LogP contribution is 2.64. The van der Waals surface area contributed by atoms with Crippen LogP contribution in [0.3, 0.4) is 0 Å². The van der Waals surface area contributed by atoms with Gasteiger partial charge in [-0.3, -0.25) is 9.35 Å². The Labute approximate surface area is 102 Å². The van der Waals surface area contributed by atoms with Crippen LogP contribution in [0.4, 0.5) is 0 Å². The Bertz CT molecular complexity index is 415. The Morgan fingerprint density at radius 3 is 2.31 bits per heavy atom. The van der Waals surface area contributed by atoms with E-state index in [-0.39, 0.29) is 29.5 Å². The largest absolute Gasteiger partial charge is 0.299 e. The minimum absolute atomic E-state index is 0. The van der Waals surface area contributed by atoms with E-state index in [1.54, 1.807) is 0 Å². The maximum atomic E-state index is 11.9. The maximum absolute atomic E-state index is 11.9. The fraction of sp³-hybridized carbons (Fsp3) is 0.900. The lowest BCUT2D eigenvalue weighted by molar-refractivity contribution is -0.128. The Balaban J connectivity index is 0.00000128. The van der Waals surface area contributed by atoms with Gasteiger partial charge in [-0.2, -0.15) is 8.42 Å². The zero-order valence-corrected chi connectivity index (χ0v) is 11.0. The Morgan fingerprint density at radius 1 is 1.44 bits per heavy atom. The number of halogens is 1. The molecule has 2 aliphatic carbocycles. The van der Waals surface area contributed by atoms with Crippen molar-refractivity contribution < 1.29 is 17.8 Å². The maximum Gasteiger partial charge on any atom is 0.265 e. The molecule has 0 radical (unpaired) electrons. The van der Waals surface area contributed by atoms with Gasteiger partial charge in [0.05, 0.1) is 11.2 Å². The third-order valence-electron chi connectivity index (χ3n) is 4.57. The average molecular weight is 269 g/mol. The van der Waals surface area contributed by atoms with E-state index in [0.717, 1.165) is 6.42 Å². The van der Waals surface area contributed by atoms with Crippen LogP contribution in [0.15, 0.2) is 0 Å². The topological polar surface area (TPSA) is 71.4 Å². The Hall–Kier alpha value is -0.130. The number of Topliss-reactive ketones (excluding diaryl/α,β-unsaturated/α-hetero) is 1. The van der Waals surface area contributed by atoms with E-state index in [1.165, 1.54) is 0 Å². The summed E-state index contributed by atoms with van der Waals surface area (Å²) in [5.74, 6) is -0.101.